The highest BCUT2D eigenvalue weighted by molar-refractivity contribution is 14.1. The van der Waals surface area contributed by atoms with Crippen molar-refractivity contribution in [3.8, 4) is 5.75 Å². The average molecular weight is 648 g/mol. The fraction of sp³-hybridized carbons (Fsp3) is 0.190. The number of carbonyl (C=O) groups is 3. The molecule has 0 atom stereocenters. The Morgan fingerprint density at radius 3 is 2.43 bits per heavy atom. The van der Waals surface area contributed by atoms with Gasteiger partial charge >= 0.3 is 0 Å². The van der Waals surface area contributed by atoms with Crippen molar-refractivity contribution in [3.05, 3.63) is 59.1 Å². The molecule has 0 bridgehead atoms. The van der Waals surface area contributed by atoms with E-state index in [-0.39, 0.29) is 11.4 Å². The number of nitrogens with zero attached hydrogens (tertiary/aromatic N) is 1. The number of hydrogen-bond acceptors (Lipinski definition) is 5. The molecule has 30 heavy (non-hydrogen) atoms. The van der Waals surface area contributed by atoms with Gasteiger partial charge in [-0.05, 0) is 112 Å². The zero-order valence-corrected chi connectivity index (χ0v) is 21.5. The van der Waals surface area contributed by atoms with Crippen LogP contribution in [-0.2, 0) is 9.59 Å². The van der Waals surface area contributed by atoms with Gasteiger partial charge in [-0.1, -0.05) is 6.07 Å². The third kappa shape index (κ3) is 5.35. The van der Waals surface area contributed by atoms with Gasteiger partial charge in [0.05, 0.1) is 15.6 Å². The van der Waals surface area contributed by atoms with Crippen LogP contribution >= 0.6 is 56.9 Å². The standard InChI is InChI=1S/C21H18I2N2O4S/c1-11-4-12(2)6-15(5-11)24-18(26)10-25-20(27)17(30-21(25)28)8-13-7-14(22)9-16(23)19(13)29-3/h4-9H,10H2,1-3H3,(H,24,26)/b17-8+. The van der Waals surface area contributed by atoms with Crippen molar-refractivity contribution in [2.45, 2.75) is 13.8 Å². The predicted molar refractivity (Wildman–Crippen MR) is 136 cm³/mol. The minimum Gasteiger partial charge on any atom is -0.495 e. The number of rotatable bonds is 5. The summed E-state index contributed by atoms with van der Waals surface area (Å²) in [5, 5.41) is 2.28. The normalized spacial score (nSPS) is 15.1. The van der Waals surface area contributed by atoms with Crippen molar-refractivity contribution in [1.82, 2.24) is 4.90 Å². The van der Waals surface area contributed by atoms with E-state index in [9.17, 15) is 14.4 Å². The summed E-state index contributed by atoms with van der Waals surface area (Å²) in [7, 11) is 1.56. The zero-order valence-electron chi connectivity index (χ0n) is 16.4. The maximum absolute atomic E-state index is 12.8. The number of thioether (sulfide) groups is 1. The third-order valence-corrected chi connectivity index (χ3v) is 6.54. The molecule has 0 saturated carbocycles. The first kappa shape index (κ1) is 23.1. The van der Waals surface area contributed by atoms with E-state index in [0.29, 0.717) is 17.0 Å². The molecule has 6 nitrogen and oxygen atoms in total. The molecular weight excluding hydrogens is 630 g/mol. The van der Waals surface area contributed by atoms with Gasteiger partial charge in [0.25, 0.3) is 11.1 Å². The molecule has 1 aliphatic rings. The van der Waals surface area contributed by atoms with Crippen LogP contribution in [0.3, 0.4) is 0 Å². The lowest BCUT2D eigenvalue weighted by atomic mass is 10.1. The Bertz CT molecular complexity index is 1060. The van der Waals surface area contributed by atoms with Crippen LogP contribution in [0, 0.1) is 21.0 Å². The molecule has 156 valence electrons. The molecule has 3 amide bonds. The van der Waals surface area contributed by atoms with Crippen molar-refractivity contribution in [1.29, 1.82) is 0 Å². The van der Waals surface area contributed by atoms with E-state index >= 15 is 0 Å². The van der Waals surface area contributed by atoms with E-state index in [4.69, 9.17) is 4.74 Å². The Morgan fingerprint density at radius 1 is 1.13 bits per heavy atom. The number of amides is 3. The fourth-order valence-electron chi connectivity index (χ4n) is 3.07. The molecular formula is C21H18I2N2O4S. The van der Waals surface area contributed by atoms with E-state index in [2.05, 4.69) is 50.5 Å². The summed E-state index contributed by atoms with van der Waals surface area (Å²) in [6.07, 6.45) is 1.63. The van der Waals surface area contributed by atoms with Gasteiger partial charge in [-0.25, -0.2) is 0 Å². The molecule has 9 heteroatoms. The summed E-state index contributed by atoms with van der Waals surface area (Å²) in [6, 6.07) is 9.51. The van der Waals surface area contributed by atoms with Crippen molar-refractivity contribution in [3.63, 3.8) is 0 Å². The van der Waals surface area contributed by atoms with Gasteiger partial charge in [0, 0.05) is 14.8 Å². The Labute approximate surface area is 206 Å². The van der Waals surface area contributed by atoms with E-state index < -0.39 is 17.1 Å². The van der Waals surface area contributed by atoms with Crippen molar-refractivity contribution in [2.24, 2.45) is 0 Å². The molecule has 2 aromatic rings. The second-order valence-electron chi connectivity index (χ2n) is 6.70. The van der Waals surface area contributed by atoms with Crippen LogP contribution in [0.4, 0.5) is 10.5 Å². The molecule has 1 aliphatic heterocycles. The summed E-state index contributed by atoms with van der Waals surface area (Å²) in [5.74, 6) is -0.281. The minimum atomic E-state index is -0.489. The van der Waals surface area contributed by atoms with Crippen LogP contribution in [-0.4, -0.2) is 35.6 Å². The van der Waals surface area contributed by atoms with Gasteiger partial charge in [0.15, 0.2) is 0 Å². The quantitative estimate of drug-likeness (QED) is 0.357. The molecule has 0 spiro atoms. The molecule has 1 N–H and O–H groups in total. The van der Waals surface area contributed by atoms with Crippen molar-refractivity contribution in [2.75, 3.05) is 19.0 Å². The maximum Gasteiger partial charge on any atom is 0.294 e. The van der Waals surface area contributed by atoms with E-state index in [1.54, 1.807) is 13.2 Å². The number of anilines is 1. The summed E-state index contributed by atoms with van der Waals surface area (Å²) in [5.41, 5.74) is 3.37. The number of aryl methyl sites for hydroxylation is 2. The molecule has 1 fully saturated rings. The summed E-state index contributed by atoms with van der Waals surface area (Å²) < 4.78 is 7.33. The molecule has 0 aromatic heterocycles. The molecule has 1 heterocycles. The number of benzene rings is 2. The van der Waals surface area contributed by atoms with Crippen molar-refractivity contribution < 1.29 is 19.1 Å². The van der Waals surface area contributed by atoms with Crippen LogP contribution in [0.15, 0.2) is 35.2 Å². The summed E-state index contributed by atoms with van der Waals surface area (Å²) in [4.78, 5) is 38.8. The number of hydrogen-bond donors (Lipinski definition) is 1. The lowest BCUT2D eigenvalue weighted by molar-refractivity contribution is -0.127. The average Bonchev–Trinajstić information content (AvgIpc) is 2.88. The lowest BCUT2D eigenvalue weighted by Gasteiger charge is -2.13. The number of ether oxygens (including phenoxy) is 1. The van der Waals surface area contributed by atoms with Gasteiger partial charge in [0.1, 0.15) is 12.3 Å². The highest BCUT2D eigenvalue weighted by Gasteiger charge is 2.36. The first-order valence-corrected chi connectivity index (χ1v) is 11.8. The van der Waals surface area contributed by atoms with Crippen LogP contribution in [0.5, 0.6) is 5.75 Å². The van der Waals surface area contributed by atoms with E-state index in [1.165, 1.54) is 0 Å². The predicted octanol–water partition coefficient (Wildman–Crippen LogP) is 5.20. The first-order chi connectivity index (χ1) is 14.2. The Morgan fingerprint density at radius 2 is 1.80 bits per heavy atom. The number of nitrogens with one attached hydrogen (secondary N) is 1. The van der Waals surface area contributed by atoms with Gasteiger partial charge in [-0.2, -0.15) is 0 Å². The zero-order chi connectivity index (χ0) is 22.0. The van der Waals surface area contributed by atoms with Crippen LogP contribution in [0.1, 0.15) is 16.7 Å². The third-order valence-electron chi connectivity index (χ3n) is 4.21. The fourth-order valence-corrected chi connectivity index (χ4v) is 6.01. The highest BCUT2D eigenvalue weighted by atomic mass is 127. The SMILES string of the molecule is COc1c(I)cc(I)cc1/C=C1/SC(=O)N(CC(=O)Nc2cc(C)cc(C)c2)C1=O. The van der Waals surface area contributed by atoms with Gasteiger partial charge in [-0.15, -0.1) is 0 Å². The minimum absolute atomic E-state index is 0.260. The van der Waals surface area contributed by atoms with E-state index in [1.807, 2.05) is 44.2 Å². The van der Waals surface area contributed by atoms with Gasteiger partial charge in [-0.3, -0.25) is 19.3 Å². The monoisotopic (exact) mass is 648 g/mol. The smallest absolute Gasteiger partial charge is 0.294 e. The van der Waals surface area contributed by atoms with Crippen molar-refractivity contribution >= 4 is 85.8 Å². The summed E-state index contributed by atoms with van der Waals surface area (Å²) in [6.45, 7) is 3.53. The first-order valence-electron chi connectivity index (χ1n) is 8.84. The van der Waals surface area contributed by atoms with E-state index in [0.717, 1.165) is 34.9 Å². The number of carbonyl (C=O) groups excluding carboxylic acids is 3. The second-order valence-corrected chi connectivity index (χ2v) is 10.1. The molecule has 1 saturated heterocycles. The lowest BCUT2D eigenvalue weighted by Crippen LogP contribution is -2.36. The second kappa shape index (κ2) is 9.69. The molecule has 0 radical (unpaired) electrons. The number of imide groups is 1. The van der Waals surface area contributed by atoms with Crippen LogP contribution in [0.25, 0.3) is 6.08 Å². The van der Waals surface area contributed by atoms with Gasteiger partial charge < -0.3 is 10.1 Å². The van der Waals surface area contributed by atoms with Crippen LogP contribution < -0.4 is 10.1 Å². The Balaban J connectivity index is 1.78. The number of methoxy groups -OCH3 is 1. The topological polar surface area (TPSA) is 75.7 Å². The number of halogens is 2. The largest absolute Gasteiger partial charge is 0.495 e. The molecule has 2 aromatic carbocycles. The molecule has 3 rings (SSSR count). The molecule has 0 aliphatic carbocycles. The highest BCUT2D eigenvalue weighted by Crippen LogP contribution is 2.36. The van der Waals surface area contributed by atoms with Crippen LogP contribution in [0.2, 0.25) is 0 Å². The summed E-state index contributed by atoms with van der Waals surface area (Å²) >= 11 is 5.16. The Hall–Kier alpha value is -1.60. The Kier molecular flexibility index (Phi) is 7.45. The molecule has 0 unspecified atom stereocenters. The van der Waals surface area contributed by atoms with Gasteiger partial charge in [0.2, 0.25) is 5.91 Å². The maximum atomic E-state index is 12.8.